The molecule has 21 heavy (non-hydrogen) atoms. The van der Waals surface area contributed by atoms with E-state index in [9.17, 15) is 9.90 Å². The number of hydrogen-bond donors (Lipinski definition) is 2. The molecule has 0 atom stereocenters. The molecule has 2 N–H and O–H groups in total. The normalized spacial score (nSPS) is 12.3. The first-order valence-corrected chi connectivity index (χ1v) is 7.12. The van der Waals surface area contributed by atoms with Crippen molar-refractivity contribution < 1.29 is 15.0 Å². The predicted molar refractivity (Wildman–Crippen MR) is 86.8 cm³/mol. The molecule has 0 amide bonds. The number of carbonyl (C=O) groups is 1. The number of carboxylic acids is 1. The number of phenols is 1. The van der Waals surface area contributed by atoms with Crippen molar-refractivity contribution in [3.05, 3.63) is 35.4 Å². The van der Waals surface area contributed by atoms with E-state index in [1.54, 1.807) is 0 Å². The minimum atomic E-state index is -0.900. The fourth-order valence-electron chi connectivity index (χ4n) is 2.27. The van der Waals surface area contributed by atoms with E-state index in [4.69, 9.17) is 5.11 Å². The van der Waals surface area contributed by atoms with Gasteiger partial charge in [-0.25, -0.2) is 0 Å². The van der Waals surface area contributed by atoms with E-state index in [0.29, 0.717) is 11.3 Å². The molecule has 3 nitrogen and oxygen atoms in total. The zero-order valence-corrected chi connectivity index (χ0v) is 13.9. The Morgan fingerprint density at radius 2 is 1.43 bits per heavy atom. The number of carboxylic acid groups (broad SMARTS) is 1. The Hall–Kier alpha value is -1.77. The third-order valence-electron chi connectivity index (χ3n) is 3.50. The first kappa shape index (κ1) is 17.3. The van der Waals surface area contributed by atoms with Crippen LogP contribution < -0.4 is 0 Å². The number of benzene rings is 1. The summed E-state index contributed by atoms with van der Waals surface area (Å²) in [5.74, 6) is -0.607. The molecule has 0 heterocycles. The van der Waals surface area contributed by atoms with Gasteiger partial charge in [0.2, 0.25) is 0 Å². The lowest BCUT2D eigenvalue weighted by Gasteiger charge is -2.28. The molecule has 0 aliphatic rings. The highest BCUT2D eigenvalue weighted by Crippen LogP contribution is 2.41. The third kappa shape index (κ3) is 4.10. The third-order valence-corrected chi connectivity index (χ3v) is 3.50. The van der Waals surface area contributed by atoms with E-state index < -0.39 is 5.97 Å². The van der Waals surface area contributed by atoms with Gasteiger partial charge in [0.15, 0.2) is 0 Å². The van der Waals surface area contributed by atoms with Gasteiger partial charge in [0, 0.05) is 11.1 Å². The maximum Gasteiger partial charge on any atom is 0.307 e. The largest absolute Gasteiger partial charge is 0.507 e. The molecule has 0 radical (unpaired) electrons. The van der Waals surface area contributed by atoms with Crippen molar-refractivity contribution in [1.29, 1.82) is 0 Å². The van der Waals surface area contributed by atoms with Gasteiger partial charge in [-0.3, -0.25) is 4.79 Å². The number of aromatic hydroxyl groups is 1. The standard InChI is InChI=1S/C18H26O3/c1-11(8-15(19)20)12-9-13(17(2,3)4)16(21)14(10-12)18(5,6)7/h9-10,21H,1,8H2,2-7H3,(H,19,20). The summed E-state index contributed by atoms with van der Waals surface area (Å²) in [6.07, 6.45) is -0.0993. The average molecular weight is 290 g/mol. The van der Waals surface area contributed by atoms with Crippen LogP contribution in [0.3, 0.4) is 0 Å². The van der Waals surface area contributed by atoms with E-state index in [1.807, 2.05) is 53.7 Å². The molecule has 0 spiro atoms. The molecule has 1 rings (SSSR count). The molecule has 1 aromatic carbocycles. The first-order valence-electron chi connectivity index (χ1n) is 7.12. The van der Waals surface area contributed by atoms with E-state index in [-0.39, 0.29) is 17.3 Å². The van der Waals surface area contributed by atoms with Crippen LogP contribution in [0, 0.1) is 0 Å². The molecule has 1 aromatic rings. The zero-order valence-electron chi connectivity index (χ0n) is 13.9. The minimum Gasteiger partial charge on any atom is -0.507 e. The van der Waals surface area contributed by atoms with Gasteiger partial charge < -0.3 is 10.2 Å². The van der Waals surface area contributed by atoms with Crippen LogP contribution >= 0.6 is 0 Å². The summed E-state index contributed by atoms with van der Waals surface area (Å²) < 4.78 is 0. The lowest BCUT2D eigenvalue weighted by molar-refractivity contribution is -0.135. The fourth-order valence-corrected chi connectivity index (χ4v) is 2.27. The van der Waals surface area contributed by atoms with Gasteiger partial charge in [-0.2, -0.15) is 0 Å². The highest BCUT2D eigenvalue weighted by atomic mass is 16.4. The summed E-state index contributed by atoms with van der Waals surface area (Å²) in [5, 5.41) is 19.6. The molecular formula is C18H26O3. The molecule has 0 bridgehead atoms. The van der Waals surface area contributed by atoms with Gasteiger partial charge in [-0.15, -0.1) is 0 Å². The van der Waals surface area contributed by atoms with Crippen LogP contribution in [0.5, 0.6) is 5.75 Å². The monoisotopic (exact) mass is 290 g/mol. The van der Waals surface area contributed by atoms with E-state index >= 15 is 0 Å². The minimum absolute atomic E-state index is 0.0993. The van der Waals surface area contributed by atoms with Crippen LogP contribution in [0.25, 0.3) is 5.57 Å². The maximum absolute atomic E-state index is 10.9. The topological polar surface area (TPSA) is 57.5 Å². The van der Waals surface area contributed by atoms with Crippen LogP contribution in [0.15, 0.2) is 18.7 Å². The van der Waals surface area contributed by atoms with Crippen molar-refractivity contribution in [2.24, 2.45) is 0 Å². The molecule has 0 saturated carbocycles. The Labute approximate surface area is 127 Å². The first-order chi connectivity index (χ1) is 9.34. The summed E-state index contributed by atoms with van der Waals surface area (Å²) in [6, 6.07) is 3.71. The molecule has 3 heteroatoms. The number of rotatable bonds is 3. The van der Waals surface area contributed by atoms with Crippen molar-refractivity contribution in [1.82, 2.24) is 0 Å². The average Bonchev–Trinajstić information content (AvgIpc) is 2.24. The predicted octanol–water partition coefficient (Wildman–Crippen LogP) is 4.48. The van der Waals surface area contributed by atoms with E-state index in [0.717, 1.165) is 16.7 Å². The Balaban J connectivity index is 3.55. The van der Waals surface area contributed by atoms with Crippen LogP contribution in [0.4, 0.5) is 0 Å². The molecule has 116 valence electrons. The smallest absolute Gasteiger partial charge is 0.307 e. The quantitative estimate of drug-likeness (QED) is 0.863. The summed E-state index contributed by atoms with van der Waals surface area (Å²) in [4.78, 5) is 10.9. The highest BCUT2D eigenvalue weighted by Gasteiger charge is 2.27. The van der Waals surface area contributed by atoms with Crippen LogP contribution in [0.1, 0.15) is 64.7 Å². The Kier molecular flexibility index (Phi) is 4.57. The van der Waals surface area contributed by atoms with Gasteiger partial charge in [0.1, 0.15) is 5.75 Å². The number of aliphatic carboxylic acids is 1. The lowest BCUT2D eigenvalue weighted by Crippen LogP contribution is -2.18. The van der Waals surface area contributed by atoms with Gasteiger partial charge >= 0.3 is 5.97 Å². The van der Waals surface area contributed by atoms with Gasteiger partial charge in [-0.05, 0) is 34.1 Å². The van der Waals surface area contributed by atoms with Gasteiger partial charge in [0.05, 0.1) is 6.42 Å². The maximum atomic E-state index is 10.9. The van der Waals surface area contributed by atoms with Crippen LogP contribution in [0.2, 0.25) is 0 Å². The molecule has 0 aromatic heterocycles. The van der Waals surface area contributed by atoms with Gasteiger partial charge in [-0.1, -0.05) is 48.1 Å². The van der Waals surface area contributed by atoms with Crippen LogP contribution in [-0.4, -0.2) is 16.2 Å². The van der Waals surface area contributed by atoms with Crippen molar-refractivity contribution in [2.45, 2.75) is 58.8 Å². The molecule has 0 aliphatic heterocycles. The second kappa shape index (κ2) is 5.55. The van der Waals surface area contributed by atoms with Crippen molar-refractivity contribution >= 4 is 11.5 Å². The highest BCUT2D eigenvalue weighted by molar-refractivity contribution is 5.83. The van der Waals surface area contributed by atoms with Gasteiger partial charge in [0.25, 0.3) is 0 Å². The second-order valence-corrected chi connectivity index (χ2v) is 7.59. The Morgan fingerprint density at radius 3 is 1.71 bits per heavy atom. The van der Waals surface area contributed by atoms with E-state index in [2.05, 4.69) is 6.58 Å². The Morgan fingerprint density at radius 1 is 1.05 bits per heavy atom. The number of phenolic OH excluding ortho intramolecular Hbond substituents is 1. The van der Waals surface area contributed by atoms with E-state index in [1.165, 1.54) is 0 Å². The fraction of sp³-hybridized carbons (Fsp3) is 0.500. The summed E-state index contributed by atoms with van der Waals surface area (Å²) in [6.45, 7) is 16.0. The van der Waals surface area contributed by atoms with Crippen molar-refractivity contribution in [3.63, 3.8) is 0 Å². The summed E-state index contributed by atoms with van der Waals surface area (Å²) in [7, 11) is 0. The molecule has 0 fully saturated rings. The molecular weight excluding hydrogens is 264 g/mol. The summed E-state index contributed by atoms with van der Waals surface area (Å²) >= 11 is 0. The Bertz CT molecular complexity index is 534. The second-order valence-electron chi connectivity index (χ2n) is 7.59. The lowest BCUT2D eigenvalue weighted by atomic mass is 9.77. The van der Waals surface area contributed by atoms with Crippen molar-refractivity contribution in [2.75, 3.05) is 0 Å². The summed E-state index contributed by atoms with van der Waals surface area (Å²) in [5.41, 5.74) is 2.50. The number of hydrogen-bond acceptors (Lipinski definition) is 2. The van der Waals surface area contributed by atoms with Crippen molar-refractivity contribution in [3.8, 4) is 5.75 Å². The zero-order chi connectivity index (χ0) is 16.6. The molecule has 0 unspecified atom stereocenters. The molecule has 0 aliphatic carbocycles. The SMILES string of the molecule is C=C(CC(=O)O)c1cc(C(C)(C)C)c(O)c(C(C)(C)C)c1. The van der Waals surface area contributed by atoms with Crippen LogP contribution in [-0.2, 0) is 15.6 Å². The molecule has 0 saturated heterocycles.